The molecule has 0 saturated carbocycles. The number of nitrogens with one attached hydrogen (secondary N) is 1. The summed E-state index contributed by atoms with van der Waals surface area (Å²) >= 11 is 1.74. The summed E-state index contributed by atoms with van der Waals surface area (Å²) in [5.74, 6) is 1.91. The summed E-state index contributed by atoms with van der Waals surface area (Å²) in [6.07, 6.45) is 0. The first-order chi connectivity index (χ1) is 9.46. The molecular weight excluding hydrogens is 268 g/mol. The quantitative estimate of drug-likeness (QED) is 0.864. The second-order valence-electron chi connectivity index (χ2n) is 6.11. The van der Waals surface area contributed by atoms with E-state index in [4.69, 9.17) is 4.74 Å². The zero-order valence-corrected chi connectivity index (χ0v) is 13.6. The highest BCUT2D eigenvalue weighted by Gasteiger charge is 2.22. The van der Waals surface area contributed by atoms with E-state index in [-0.39, 0.29) is 5.41 Å². The first-order valence-corrected chi connectivity index (χ1v) is 8.06. The maximum Gasteiger partial charge on any atom is 0.156 e. The van der Waals surface area contributed by atoms with Crippen LogP contribution in [0.2, 0.25) is 0 Å². The molecule has 4 heteroatoms. The summed E-state index contributed by atoms with van der Waals surface area (Å²) in [5, 5.41) is 4.44. The van der Waals surface area contributed by atoms with Crippen LogP contribution in [0, 0.1) is 19.3 Å². The van der Waals surface area contributed by atoms with Crippen molar-refractivity contribution in [3.05, 3.63) is 29.3 Å². The SMILES string of the molecule is Cc1ccc(C)c(OCCSC2=NCC(C)(C)CN2)c1. The van der Waals surface area contributed by atoms with Gasteiger partial charge >= 0.3 is 0 Å². The third-order valence-corrected chi connectivity index (χ3v) is 4.21. The van der Waals surface area contributed by atoms with Crippen molar-refractivity contribution in [1.29, 1.82) is 0 Å². The maximum absolute atomic E-state index is 5.85. The van der Waals surface area contributed by atoms with Gasteiger partial charge in [0.1, 0.15) is 5.75 Å². The van der Waals surface area contributed by atoms with E-state index in [1.54, 1.807) is 11.8 Å². The molecule has 0 radical (unpaired) electrons. The molecule has 3 nitrogen and oxygen atoms in total. The first kappa shape index (κ1) is 15.2. The van der Waals surface area contributed by atoms with Crippen molar-refractivity contribution in [3.8, 4) is 5.75 Å². The number of hydrogen-bond donors (Lipinski definition) is 1. The molecule has 0 spiro atoms. The van der Waals surface area contributed by atoms with Crippen LogP contribution < -0.4 is 10.1 Å². The van der Waals surface area contributed by atoms with Crippen LogP contribution in [0.5, 0.6) is 5.75 Å². The van der Waals surface area contributed by atoms with Crippen LogP contribution in [-0.4, -0.2) is 30.6 Å². The summed E-state index contributed by atoms with van der Waals surface area (Å²) in [5.41, 5.74) is 2.70. The average molecular weight is 292 g/mol. The van der Waals surface area contributed by atoms with Gasteiger partial charge in [-0.3, -0.25) is 4.99 Å². The second-order valence-corrected chi connectivity index (χ2v) is 7.19. The average Bonchev–Trinajstić information content (AvgIpc) is 2.40. The number of rotatable bonds is 4. The van der Waals surface area contributed by atoms with Crippen LogP contribution >= 0.6 is 11.8 Å². The fourth-order valence-electron chi connectivity index (χ4n) is 1.96. The van der Waals surface area contributed by atoms with E-state index in [0.29, 0.717) is 6.61 Å². The van der Waals surface area contributed by atoms with Gasteiger partial charge < -0.3 is 10.1 Å². The molecule has 0 amide bonds. The summed E-state index contributed by atoms with van der Waals surface area (Å²) in [6.45, 7) is 11.2. The number of aliphatic imine (C=N–C) groups is 1. The molecule has 0 bridgehead atoms. The van der Waals surface area contributed by atoms with Crippen molar-refractivity contribution in [2.24, 2.45) is 10.4 Å². The van der Waals surface area contributed by atoms with E-state index in [1.807, 2.05) is 0 Å². The van der Waals surface area contributed by atoms with Crippen LogP contribution in [0.4, 0.5) is 0 Å². The predicted octanol–water partition coefficient (Wildman–Crippen LogP) is 3.40. The summed E-state index contributed by atoms with van der Waals surface area (Å²) in [6, 6.07) is 6.31. The molecular formula is C16H24N2OS. The molecule has 0 aromatic heterocycles. The Morgan fingerprint density at radius 1 is 1.35 bits per heavy atom. The highest BCUT2D eigenvalue weighted by Crippen LogP contribution is 2.21. The molecule has 1 aromatic carbocycles. The molecule has 1 aliphatic heterocycles. The van der Waals surface area contributed by atoms with Gasteiger partial charge in [0.15, 0.2) is 5.17 Å². The molecule has 0 aliphatic carbocycles. The van der Waals surface area contributed by atoms with Crippen molar-refractivity contribution in [2.45, 2.75) is 27.7 Å². The molecule has 1 aromatic rings. The fraction of sp³-hybridized carbons (Fsp3) is 0.562. The van der Waals surface area contributed by atoms with Crippen molar-refractivity contribution < 1.29 is 4.74 Å². The Labute approximate surface area is 126 Å². The van der Waals surface area contributed by atoms with E-state index in [2.05, 4.69) is 56.2 Å². The molecule has 0 atom stereocenters. The lowest BCUT2D eigenvalue weighted by molar-refractivity contribution is 0.341. The van der Waals surface area contributed by atoms with Crippen molar-refractivity contribution >= 4 is 16.9 Å². The number of aryl methyl sites for hydroxylation is 2. The third kappa shape index (κ3) is 4.44. The zero-order chi connectivity index (χ0) is 14.6. The number of ether oxygens (including phenoxy) is 1. The van der Waals surface area contributed by atoms with Gasteiger partial charge in [-0.2, -0.15) is 0 Å². The maximum atomic E-state index is 5.85. The minimum atomic E-state index is 0.277. The van der Waals surface area contributed by atoms with E-state index >= 15 is 0 Å². The van der Waals surface area contributed by atoms with Crippen LogP contribution in [0.25, 0.3) is 0 Å². The van der Waals surface area contributed by atoms with Gasteiger partial charge in [0.2, 0.25) is 0 Å². The molecule has 1 aliphatic rings. The third-order valence-electron chi connectivity index (χ3n) is 3.29. The van der Waals surface area contributed by atoms with Gasteiger partial charge in [0.05, 0.1) is 6.61 Å². The largest absolute Gasteiger partial charge is 0.492 e. The summed E-state index contributed by atoms with van der Waals surface area (Å²) < 4.78 is 5.85. The summed E-state index contributed by atoms with van der Waals surface area (Å²) in [4.78, 5) is 4.57. The normalized spacial score (nSPS) is 17.3. The lowest BCUT2D eigenvalue weighted by Gasteiger charge is -2.28. The smallest absolute Gasteiger partial charge is 0.156 e. The van der Waals surface area contributed by atoms with Crippen LogP contribution in [-0.2, 0) is 0 Å². The van der Waals surface area contributed by atoms with E-state index in [9.17, 15) is 0 Å². The van der Waals surface area contributed by atoms with Gasteiger partial charge in [-0.15, -0.1) is 0 Å². The molecule has 1 heterocycles. The highest BCUT2D eigenvalue weighted by atomic mass is 32.2. The fourth-order valence-corrected chi connectivity index (χ4v) is 2.65. The Morgan fingerprint density at radius 3 is 2.85 bits per heavy atom. The van der Waals surface area contributed by atoms with Crippen LogP contribution in [0.3, 0.4) is 0 Å². The lowest BCUT2D eigenvalue weighted by Crippen LogP contribution is -2.39. The number of benzene rings is 1. The van der Waals surface area contributed by atoms with Crippen LogP contribution in [0.15, 0.2) is 23.2 Å². The van der Waals surface area contributed by atoms with E-state index in [1.165, 1.54) is 11.1 Å². The Morgan fingerprint density at radius 2 is 2.15 bits per heavy atom. The minimum absolute atomic E-state index is 0.277. The molecule has 0 unspecified atom stereocenters. The highest BCUT2D eigenvalue weighted by molar-refractivity contribution is 8.13. The van der Waals surface area contributed by atoms with Gasteiger partial charge in [-0.05, 0) is 31.0 Å². The number of thioether (sulfide) groups is 1. The molecule has 1 N–H and O–H groups in total. The molecule has 110 valence electrons. The van der Waals surface area contributed by atoms with E-state index in [0.717, 1.165) is 29.8 Å². The predicted molar refractivity (Wildman–Crippen MR) is 88.0 cm³/mol. The Kier molecular flexibility index (Phi) is 4.97. The van der Waals surface area contributed by atoms with Gasteiger partial charge in [-0.1, -0.05) is 37.7 Å². The van der Waals surface area contributed by atoms with Crippen molar-refractivity contribution in [1.82, 2.24) is 5.32 Å². The van der Waals surface area contributed by atoms with Gasteiger partial charge in [0.25, 0.3) is 0 Å². The standard InChI is InChI=1S/C16H24N2OS/c1-12-5-6-13(2)14(9-12)19-7-8-20-15-17-10-16(3,4)11-18-15/h5-6,9H,7-8,10-11H2,1-4H3,(H,17,18). The van der Waals surface area contributed by atoms with E-state index < -0.39 is 0 Å². The second kappa shape index (κ2) is 6.53. The molecule has 0 saturated heterocycles. The van der Waals surface area contributed by atoms with Gasteiger partial charge in [0, 0.05) is 24.3 Å². The van der Waals surface area contributed by atoms with Crippen molar-refractivity contribution in [2.75, 3.05) is 25.4 Å². The molecule has 2 rings (SSSR count). The number of amidine groups is 1. The first-order valence-electron chi connectivity index (χ1n) is 7.07. The number of hydrogen-bond acceptors (Lipinski definition) is 4. The minimum Gasteiger partial charge on any atom is -0.492 e. The molecule has 0 fully saturated rings. The van der Waals surface area contributed by atoms with Gasteiger partial charge in [-0.25, -0.2) is 0 Å². The van der Waals surface area contributed by atoms with Crippen LogP contribution in [0.1, 0.15) is 25.0 Å². The Hall–Kier alpha value is -1.16. The summed E-state index contributed by atoms with van der Waals surface area (Å²) in [7, 11) is 0. The topological polar surface area (TPSA) is 33.6 Å². The Bertz CT molecular complexity index is 497. The number of nitrogens with zero attached hydrogens (tertiary/aromatic N) is 1. The van der Waals surface area contributed by atoms with Crippen molar-refractivity contribution in [3.63, 3.8) is 0 Å². The lowest BCUT2D eigenvalue weighted by atomic mass is 9.93. The Balaban J connectivity index is 1.74. The molecule has 20 heavy (non-hydrogen) atoms. The zero-order valence-electron chi connectivity index (χ0n) is 12.8. The monoisotopic (exact) mass is 292 g/mol.